The number of hydrogen-bond acceptors (Lipinski definition) is 10. The van der Waals surface area contributed by atoms with Crippen LogP contribution < -0.4 is 16.0 Å². The summed E-state index contributed by atoms with van der Waals surface area (Å²) >= 11 is 0. The zero-order valence-corrected chi connectivity index (χ0v) is 22.8. The summed E-state index contributed by atoms with van der Waals surface area (Å²) in [5.41, 5.74) is 2.62. The van der Waals surface area contributed by atoms with Gasteiger partial charge in [-0.05, 0) is 76.1 Å². The molecule has 1 saturated heterocycles. The predicted octanol–water partition coefficient (Wildman–Crippen LogP) is 3.64. The van der Waals surface area contributed by atoms with Gasteiger partial charge in [0.25, 0.3) is 0 Å². The lowest BCUT2D eigenvalue weighted by atomic mass is 9.82. The van der Waals surface area contributed by atoms with E-state index in [1.54, 1.807) is 0 Å². The Labute approximate surface area is 229 Å². The molecule has 0 radical (unpaired) electrons. The first-order valence-corrected chi connectivity index (χ1v) is 13.9. The van der Waals surface area contributed by atoms with Crippen molar-refractivity contribution in [3.05, 3.63) is 41.9 Å². The molecule has 0 aromatic carbocycles. The number of nitriles is 1. The van der Waals surface area contributed by atoms with Crippen LogP contribution >= 0.6 is 0 Å². The van der Waals surface area contributed by atoms with Crippen molar-refractivity contribution in [2.45, 2.75) is 76.9 Å². The van der Waals surface area contributed by atoms with E-state index in [0.29, 0.717) is 37.9 Å². The van der Waals surface area contributed by atoms with E-state index in [-0.39, 0.29) is 0 Å². The van der Waals surface area contributed by atoms with Crippen molar-refractivity contribution < 1.29 is 4.74 Å². The number of hydrogen-bond donors (Lipinski definition) is 4. The second kappa shape index (κ2) is 12.5. The van der Waals surface area contributed by atoms with E-state index in [1.807, 2.05) is 24.4 Å². The van der Waals surface area contributed by atoms with Crippen LogP contribution in [0.4, 0.5) is 11.6 Å². The third-order valence-electron chi connectivity index (χ3n) is 7.90. The molecule has 206 valence electrons. The van der Waals surface area contributed by atoms with Crippen molar-refractivity contribution in [2.24, 2.45) is 5.41 Å². The summed E-state index contributed by atoms with van der Waals surface area (Å²) in [6, 6.07) is 11.8. The van der Waals surface area contributed by atoms with Crippen LogP contribution in [0.2, 0.25) is 0 Å². The first kappa shape index (κ1) is 27.0. The largest absolute Gasteiger partial charge is 0.381 e. The first-order valence-electron chi connectivity index (χ1n) is 13.9. The topological polar surface area (TPSA) is 149 Å². The summed E-state index contributed by atoms with van der Waals surface area (Å²) in [4.78, 5) is 9.54. The van der Waals surface area contributed by atoms with Gasteiger partial charge in [-0.2, -0.15) is 10.5 Å². The van der Waals surface area contributed by atoms with Gasteiger partial charge in [0.15, 0.2) is 5.82 Å². The van der Waals surface area contributed by atoms with Gasteiger partial charge in [0, 0.05) is 56.1 Å². The summed E-state index contributed by atoms with van der Waals surface area (Å²) in [6.07, 6.45) is 8.55. The van der Waals surface area contributed by atoms with Gasteiger partial charge < -0.3 is 20.7 Å². The van der Waals surface area contributed by atoms with Gasteiger partial charge in [-0.25, -0.2) is 9.97 Å². The SMILES string of the molecule is Cc1cnc(NC2CCC(N[C@@H](C)Cc3nn[nH]n3)CC2)cc1-c1cccc(NCC2(C#N)CCOCC2)n1. The standard InChI is InChI=1S/C28H38N10O/c1-19-16-30-26(33-22-8-6-21(7-9-22)32-20(2)14-27-35-37-38-36-27)15-23(19)24-4-3-5-25(34-24)31-18-28(17-29)10-12-39-13-11-28/h3-5,15-16,20-22,32H,6-14,18H2,1-2H3,(H,30,33)(H,31,34)(H,35,36,37,38)/t20-,21?,22?/m0/s1. The van der Waals surface area contributed by atoms with Crippen LogP contribution in [0.25, 0.3) is 11.3 Å². The van der Waals surface area contributed by atoms with E-state index in [0.717, 1.165) is 79.2 Å². The molecule has 5 rings (SSSR count). The van der Waals surface area contributed by atoms with Crippen molar-refractivity contribution in [2.75, 3.05) is 30.4 Å². The lowest BCUT2D eigenvalue weighted by Gasteiger charge is -2.32. The smallest absolute Gasteiger partial charge is 0.176 e. The number of tetrazole rings is 1. The number of ether oxygens (including phenoxy) is 1. The molecule has 0 amide bonds. The number of aryl methyl sites for hydroxylation is 1. The van der Waals surface area contributed by atoms with Gasteiger partial charge in [0.05, 0.1) is 17.2 Å². The zero-order chi connectivity index (χ0) is 27.1. The fourth-order valence-corrected chi connectivity index (χ4v) is 5.53. The van der Waals surface area contributed by atoms with Crippen LogP contribution in [0, 0.1) is 23.7 Å². The molecule has 2 aliphatic rings. The second-order valence-corrected chi connectivity index (χ2v) is 10.9. The van der Waals surface area contributed by atoms with Crippen LogP contribution in [-0.2, 0) is 11.2 Å². The van der Waals surface area contributed by atoms with E-state index in [2.05, 4.69) is 67.5 Å². The molecule has 11 heteroatoms. The maximum Gasteiger partial charge on any atom is 0.176 e. The van der Waals surface area contributed by atoms with E-state index >= 15 is 0 Å². The molecule has 1 atom stereocenters. The molecule has 1 aliphatic heterocycles. The molecule has 3 aromatic rings. The summed E-state index contributed by atoms with van der Waals surface area (Å²) in [6.45, 7) is 6.07. The minimum absolute atomic E-state index is 0.304. The summed E-state index contributed by atoms with van der Waals surface area (Å²) in [7, 11) is 0. The van der Waals surface area contributed by atoms with Gasteiger partial charge in [-0.3, -0.25) is 0 Å². The summed E-state index contributed by atoms with van der Waals surface area (Å²) < 4.78 is 5.46. The Morgan fingerprint density at radius 2 is 1.95 bits per heavy atom. The Bertz CT molecular complexity index is 1240. The maximum absolute atomic E-state index is 9.76. The highest BCUT2D eigenvalue weighted by molar-refractivity contribution is 5.68. The van der Waals surface area contributed by atoms with Crippen LogP contribution in [0.5, 0.6) is 0 Å². The number of rotatable bonds is 10. The molecule has 0 unspecified atom stereocenters. The van der Waals surface area contributed by atoms with Gasteiger partial charge >= 0.3 is 0 Å². The fraction of sp³-hybridized carbons (Fsp3) is 0.571. The Balaban J connectivity index is 1.16. The van der Waals surface area contributed by atoms with Crippen LogP contribution in [-0.4, -0.2) is 68.5 Å². The van der Waals surface area contributed by atoms with Gasteiger partial charge in [-0.1, -0.05) is 11.3 Å². The number of pyridine rings is 2. The highest BCUT2D eigenvalue weighted by atomic mass is 16.5. The highest BCUT2D eigenvalue weighted by Crippen LogP contribution is 2.31. The minimum Gasteiger partial charge on any atom is -0.381 e. The van der Waals surface area contributed by atoms with Crippen LogP contribution in [0.3, 0.4) is 0 Å². The number of aromatic amines is 1. The first-order chi connectivity index (χ1) is 19.0. The van der Waals surface area contributed by atoms with Gasteiger partial charge in [0.1, 0.15) is 11.6 Å². The predicted molar refractivity (Wildman–Crippen MR) is 149 cm³/mol. The van der Waals surface area contributed by atoms with Crippen LogP contribution in [0.15, 0.2) is 30.5 Å². The number of anilines is 2. The third-order valence-corrected chi connectivity index (χ3v) is 7.90. The maximum atomic E-state index is 9.76. The fourth-order valence-electron chi connectivity index (χ4n) is 5.53. The Hall–Kier alpha value is -3.62. The van der Waals surface area contributed by atoms with E-state index < -0.39 is 5.41 Å². The monoisotopic (exact) mass is 530 g/mol. The molecule has 11 nitrogen and oxygen atoms in total. The minimum atomic E-state index is -0.402. The number of nitrogens with zero attached hydrogens (tertiary/aromatic N) is 6. The normalized spacial score (nSPS) is 21.6. The molecular weight excluding hydrogens is 492 g/mol. The van der Waals surface area contributed by atoms with Crippen molar-refractivity contribution in [3.63, 3.8) is 0 Å². The van der Waals surface area contributed by atoms with E-state index in [4.69, 9.17) is 9.72 Å². The molecule has 2 fully saturated rings. The number of H-pyrrole nitrogens is 1. The van der Waals surface area contributed by atoms with Crippen molar-refractivity contribution in [1.29, 1.82) is 5.26 Å². The van der Waals surface area contributed by atoms with Crippen molar-refractivity contribution in [3.8, 4) is 17.3 Å². The lowest BCUT2D eigenvalue weighted by molar-refractivity contribution is 0.0455. The van der Waals surface area contributed by atoms with Crippen LogP contribution in [0.1, 0.15) is 56.8 Å². The van der Waals surface area contributed by atoms with Crippen molar-refractivity contribution >= 4 is 11.6 Å². The zero-order valence-electron chi connectivity index (χ0n) is 22.8. The molecule has 3 aromatic heterocycles. The third kappa shape index (κ3) is 7.07. The Kier molecular flexibility index (Phi) is 8.64. The Morgan fingerprint density at radius 3 is 2.69 bits per heavy atom. The molecule has 1 aliphatic carbocycles. The molecule has 0 spiro atoms. The molecule has 4 N–H and O–H groups in total. The van der Waals surface area contributed by atoms with E-state index in [9.17, 15) is 5.26 Å². The molecule has 4 heterocycles. The van der Waals surface area contributed by atoms with Gasteiger partial charge in [-0.15, -0.1) is 10.2 Å². The molecule has 1 saturated carbocycles. The van der Waals surface area contributed by atoms with Gasteiger partial charge in [0.2, 0.25) is 0 Å². The number of nitrogens with one attached hydrogen (secondary N) is 4. The average molecular weight is 531 g/mol. The second-order valence-electron chi connectivity index (χ2n) is 10.9. The molecule has 0 bridgehead atoms. The summed E-state index contributed by atoms with van der Waals surface area (Å²) in [5.74, 6) is 2.40. The summed E-state index contributed by atoms with van der Waals surface area (Å²) in [5, 5.41) is 34.8. The highest BCUT2D eigenvalue weighted by Gasteiger charge is 2.32. The average Bonchev–Trinajstić information content (AvgIpc) is 3.47. The Morgan fingerprint density at radius 1 is 1.15 bits per heavy atom. The quantitative estimate of drug-likeness (QED) is 0.306. The molecule has 39 heavy (non-hydrogen) atoms. The van der Waals surface area contributed by atoms with Crippen molar-refractivity contribution in [1.82, 2.24) is 35.9 Å². The van der Waals surface area contributed by atoms with E-state index in [1.165, 1.54) is 0 Å². The lowest BCUT2D eigenvalue weighted by Crippen LogP contribution is -2.42. The molecular formula is C28H38N10O. The number of aromatic nitrogens is 6.